The van der Waals surface area contributed by atoms with Crippen LogP contribution >= 0.6 is 0 Å². The van der Waals surface area contributed by atoms with E-state index >= 15 is 0 Å². The molecular weight excluding hydrogens is 288 g/mol. The van der Waals surface area contributed by atoms with E-state index in [4.69, 9.17) is 0 Å². The lowest BCUT2D eigenvalue weighted by atomic mass is 9.51. The average Bonchev–Trinajstić information content (AvgIpc) is 2.51. The molecule has 0 saturated heterocycles. The van der Waals surface area contributed by atoms with E-state index in [0.29, 0.717) is 10.8 Å². The summed E-state index contributed by atoms with van der Waals surface area (Å²) in [5.74, 6) is 3.38. The third-order valence-electron chi connectivity index (χ3n) is 7.09. The second-order valence-corrected chi connectivity index (χ2v) is 10.0. The highest BCUT2D eigenvalue weighted by molar-refractivity contribution is 4.97. The molecule has 0 rings (SSSR count). The average molecular weight is 339 g/mol. The zero-order valence-electron chi connectivity index (χ0n) is 19.0. The van der Waals surface area contributed by atoms with Crippen molar-refractivity contribution >= 4 is 0 Å². The lowest BCUT2D eigenvalue weighted by Crippen LogP contribution is -2.46. The van der Waals surface area contributed by atoms with Crippen LogP contribution < -0.4 is 0 Å². The zero-order valence-corrected chi connectivity index (χ0v) is 19.0. The summed E-state index contributed by atoms with van der Waals surface area (Å²) in [4.78, 5) is 0. The van der Waals surface area contributed by atoms with E-state index in [1.165, 1.54) is 51.4 Å². The van der Waals surface area contributed by atoms with Crippen LogP contribution in [0.25, 0.3) is 0 Å². The van der Waals surface area contributed by atoms with Crippen LogP contribution in [-0.4, -0.2) is 0 Å². The maximum atomic E-state index is 2.53. The van der Waals surface area contributed by atoms with Gasteiger partial charge in [0.25, 0.3) is 0 Å². The fraction of sp³-hybridized carbons (Fsp3) is 1.00. The first-order chi connectivity index (χ1) is 11.1. The molecule has 0 aliphatic rings. The Labute approximate surface area is 155 Å². The van der Waals surface area contributed by atoms with Gasteiger partial charge < -0.3 is 0 Å². The quantitative estimate of drug-likeness (QED) is 0.333. The van der Waals surface area contributed by atoms with Gasteiger partial charge in [0.15, 0.2) is 0 Å². The van der Waals surface area contributed by atoms with Crippen molar-refractivity contribution in [1.29, 1.82) is 0 Å². The molecule has 0 aliphatic heterocycles. The Bertz CT molecular complexity index is 308. The van der Waals surface area contributed by atoms with Crippen LogP contribution in [-0.2, 0) is 0 Å². The van der Waals surface area contributed by atoms with Gasteiger partial charge in [-0.3, -0.25) is 0 Å². The van der Waals surface area contributed by atoms with Crippen molar-refractivity contribution in [2.75, 3.05) is 0 Å². The van der Waals surface area contributed by atoms with Crippen molar-refractivity contribution in [1.82, 2.24) is 0 Å². The Hall–Kier alpha value is 0. The second kappa shape index (κ2) is 10.9. The highest BCUT2D eigenvalue weighted by Gasteiger charge is 2.48. The Balaban J connectivity index is 5.81. The predicted octanol–water partition coefficient (Wildman–Crippen LogP) is 8.74. The molecule has 0 fully saturated rings. The zero-order chi connectivity index (χ0) is 19.0. The summed E-state index contributed by atoms with van der Waals surface area (Å²) < 4.78 is 0. The normalized spacial score (nSPS) is 19.1. The molecule has 0 aromatic rings. The van der Waals surface area contributed by atoms with E-state index < -0.39 is 0 Å². The van der Waals surface area contributed by atoms with Crippen molar-refractivity contribution in [2.24, 2.45) is 34.5 Å². The largest absolute Gasteiger partial charge is 0.0654 e. The molecule has 0 aromatic heterocycles. The molecule has 0 N–H and O–H groups in total. The molecule has 146 valence electrons. The van der Waals surface area contributed by atoms with Gasteiger partial charge in [0.2, 0.25) is 0 Å². The van der Waals surface area contributed by atoms with E-state index in [9.17, 15) is 0 Å². The Morgan fingerprint density at radius 3 is 1.75 bits per heavy atom. The number of rotatable bonds is 12. The maximum absolute atomic E-state index is 2.53. The molecule has 0 amide bonds. The standard InChI is InChI=1S/C24H50/c1-11-15-16-21(13-3)18-24(14-4,23(8,9)10)22(17-19(5)6)20(7)12-2/h19-22H,11-18H2,1-10H3. The van der Waals surface area contributed by atoms with Crippen LogP contribution in [0, 0.1) is 34.5 Å². The molecule has 0 bridgehead atoms. The van der Waals surface area contributed by atoms with Crippen molar-refractivity contribution < 1.29 is 0 Å². The monoisotopic (exact) mass is 338 g/mol. The molecule has 0 heteroatoms. The SMILES string of the molecule is CCCCC(CC)CC(CC)(C(CC(C)C)C(C)CC)C(C)(C)C. The van der Waals surface area contributed by atoms with E-state index in [1.54, 1.807) is 0 Å². The molecule has 0 heterocycles. The molecule has 0 radical (unpaired) electrons. The van der Waals surface area contributed by atoms with E-state index in [1.807, 2.05) is 0 Å². The molecule has 4 unspecified atom stereocenters. The van der Waals surface area contributed by atoms with Gasteiger partial charge in [0, 0.05) is 0 Å². The van der Waals surface area contributed by atoms with Crippen LogP contribution in [0.2, 0.25) is 0 Å². The van der Waals surface area contributed by atoms with Crippen LogP contribution in [0.3, 0.4) is 0 Å². The van der Waals surface area contributed by atoms with Gasteiger partial charge >= 0.3 is 0 Å². The molecule has 24 heavy (non-hydrogen) atoms. The number of hydrogen-bond acceptors (Lipinski definition) is 0. The fourth-order valence-electron chi connectivity index (χ4n) is 5.20. The van der Waals surface area contributed by atoms with Crippen molar-refractivity contribution in [3.63, 3.8) is 0 Å². The summed E-state index contributed by atoms with van der Waals surface area (Å²) in [6, 6.07) is 0. The summed E-state index contributed by atoms with van der Waals surface area (Å²) >= 11 is 0. The highest BCUT2D eigenvalue weighted by atomic mass is 14.5. The Morgan fingerprint density at radius 2 is 1.42 bits per heavy atom. The van der Waals surface area contributed by atoms with Crippen LogP contribution in [0.5, 0.6) is 0 Å². The van der Waals surface area contributed by atoms with E-state index in [0.717, 1.165) is 23.7 Å². The summed E-state index contributed by atoms with van der Waals surface area (Å²) in [7, 11) is 0. The highest BCUT2D eigenvalue weighted by Crippen LogP contribution is 2.56. The number of unbranched alkanes of at least 4 members (excludes halogenated alkanes) is 1. The smallest absolute Gasteiger partial charge is 0.0218 e. The van der Waals surface area contributed by atoms with Gasteiger partial charge in [-0.15, -0.1) is 0 Å². The Kier molecular flexibility index (Phi) is 10.9. The van der Waals surface area contributed by atoms with Gasteiger partial charge in [0.05, 0.1) is 0 Å². The molecule has 0 aromatic carbocycles. The first kappa shape index (κ1) is 24.0. The van der Waals surface area contributed by atoms with Crippen LogP contribution in [0.1, 0.15) is 121 Å². The topological polar surface area (TPSA) is 0 Å². The number of hydrogen-bond donors (Lipinski definition) is 0. The van der Waals surface area contributed by atoms with Gasteiger partial charge in [-0.05, 0) is 53.8 Å². The summed E-state index contributed by atoms with van der Waals surface area (Å²) in [6.07, 6.45) is 11.0. The Morgan fingerprint density at radius 1 is 0.833 bits per heavy atom. The van der Waals surface area contributed by atoms with Crippen molar-refractivity contribution in [2.45, 2.75) is 121 Å². The molecule has 0 saturated carbocycles. The van der Waals surface area contributed by atoms with E-state index in [2.05, 4.69) is 69.2 Å². The molecule has 4 atom stereocenters. The first-order valence-corrected chi connectivity index (χ1v) is 11.1. The van der Waals surface area contributed by atoms with Crippen molar-refractivity contribution in [3.8, 4) is 0 Å². The minimum absolute atomic E-state index is 0.379. The third kappa shape index (κ3) is 6.38. The van der Waals surface area contributed by atoms with Gasteiger partial charge in [-0.2, -0.15) is 0 Å². The fourth-order valence-corrected chi connectivity index (χ4v) is 5.20. The first-order valence-electron chi connectivity index (χ1n) is 11.1. The van der Waals surface area contributed by atoms with Crippen molar-refractivity contribution in [3.05, 3.63) is 0 Å². The molecule has 0 nitrogen and oxygen atoms in total. The van der Waals surface area contributed by atoms with Gasteiger partial charge in [-0.25, -0.2) is 0 Å². The minimum Gasteiger partial charge on any atom is -0.0654 e. The summed E-state index contributed by atoms with van der Waals surface area (Å²) in [6.45, 7) is 24.6. The minimum atomic E-state index is 0.379. The summed E-state index contributed by atoms with van der Waals surface area (Å²) in [5, 5.41) is 0. The van der Waals surface area contributed by atoms with Gasteiger partial charge in [-0.1, -0.05) is 101 Å². The lowest BCUT2D eigenvalue weighted by molar-refractivity contribution is -0.0499. The molecule has 0 aliphatic carbocycles. The van der Waals surface area contributed by atoms with Crippen LogP contribution in [0.4, 0.5) is 0 Å². The third-order valence-corrected chi connectivity index (χ3v) is 7.09. The predicted molar refractivity (Wildman–Crippen MR) is 113 cm³/mol. The van der Waals surface area contributed by atoms with Gasteiger partial charge in [0.1, 0.15) is 0 Å². The van der Waals surface area contributed by atoms with Crippen LogP contribution in [0.15, 0.2) is 0 Å². The lowest BCUT2D eigenvalue weighted by Gasteiger charge is -2.54. The van der Waals surface area contributed by atoms with E-state index in [-0.39, 0.29) is 0 Å². The molecule has 0 spiro atoms. The second-order valence-electron chi connectivity index (χ2n) is 10.0. The summed E-state index contributed by atoms with van der Waals surface area (Å²) in [5.41, 5.74) is 0.853. The molecular formula is C24H50. The maximum Gasteiger partial charge on any atom is -0.0218 e.